The summed E-state index contributed by atoms with van der Waals surface area (Å²) in [5, 5.41) is 27.2. The maximum Gasteiger partial charge on any atom is 0.516 e. The van der Waals surface area contributed by atoms with Crippen molar-refractivity contribution in [2.75, 3.05) is 13.1 Å². The van der Waals surface area contributed by atoms with Crippen LogP contribution in [0.3, 0.4) is 0 Å². The van der Waals surface area contributed by atoms with E-state index in [2.05, 4.69) is 56.4 Å². The van der Waals surface area contributed by atoms with Gasteiger partial charge in [0, 0.05) is 26.2 Å². The quantitative estimate of drug-likeness (QED) is 0.0310. The molecule has 0 amide bonds. The molecule has 312 valence electrons. The maximum atomic E-state index is 14.3. The lowest BCUT2D eigenvalue weighted by atomic mass is 10.1. The number of nitrogens with one attached hydrogen (secondary N) is 8. The van der Waals surface area contributed by atoms with Gasteiger partial charge in [0.1, 0.15) is 0 Å². The molecule has 13 heteroatoms. The summed E-state index contributed by atoms with van der Waals surface area (Å²) in [5.41, 5.74) is 0.578. The summed E-state index contributed by atoms with van der Waals surface area (Å²) in [5.74, 6) is -2.14. The number of aliphatic imine (C=N–C) groups is 2. The molecule has 2 aliphatic heterocycles. The fourth-order valence-electron chi connectivity index (χ4n) is 6.94. The van der Waals surface area contributed by atoms with Crippen molar-refractivity contribution in [1.82, 2.24) is 42.5 Å². The van der Waals surface area contributed by atoms with Gasteiger partial charge in [-0.15, -0.1) is 0 Å². The van der Waals surface area contributed by atoms with Gasteiger partial charge in [0.2, 0.25) is 0 Å². The summed E-state index contributed by atoms with van der Waals surface area (Å²) >= 11 is 0. The van der Waals surface area contributed by atoms with E-state index in [1.165, 1.54) is 64.2 Å². The van der Waals surface area contributed by atoms with Crippen LogP contribution >= 0.6 is 0 Å². The lowest BCUT2D eigenvalue weighted by Crippen LogP contribution is -2.84. The molecule has 2 aliphatic rings. The summed E-state index contributed by atoms with van der Waals surface area (Å²) in [6.45, 7) is 14.4. The van der Waals surface area contributed by atoms with Crippen LogP contribution in [-0.4, -0.2) is 54.4 Å². The highest BCUT2D eigenvalue weighted by atomic mass is 16.8. The minimum Gasteiger partial charge on any atom is -0.379 e. The second-order valence-electron chi connectivity index (χ2n) is 16.2. The molecule has 2 heterocycles. The Morgan fingerprint density at radius 3 is 1.27 bits per heavy atom. The third-order valence-corrected chi connectivity index (χ3v) is 9.73. The van der Waals surface area contributed by atoms with Crippen LogP contribution in [0.15, 0.2) is 70.6 Å². The largest absolute Gasteiger partial charge is 0.516 e. The van der Waals surface area contributed by atoms with E-state index >= 15 is 0 Å². The molecule has 0 spiro atoms. The van der Waals surface area contributed by atoms with Crippen molar-refractivity contribution < 1.29 is 14.3 Å². The van der Waals surface area contributed by atoms with Gasteiger partial charge in [-0.1, -0.05) is 152 Å². The van der Waals surface area contributed by atoms with Gasteiger partial charge >= 0.3 is 18.1 Å². The molecular formula is C43H72N10O3. The minimum atomic E-state index is -1.59. The molecule has 0 aliphatic carbocycles. The number of benzene rings is 2. The number of guanidine groups is 2. The number of carbonyl (C=O) groups is 1. The van der Waals surface area contributed by atoms with Crippen LogP contribution in [0.25, 0.3) is 0 Å². The van der Waals surface area contributed by atoms with E-state index in [1.54, 1.807) is 0 Å². The number of rotatable bonds is 24. The Morgan fingerprint density at radius 1 is 0.536 bits per heavy atom. The number of nitrogens with zero attached hydrogens (tertiary/aromatic N) is 2. The topological polar surface area (TPSA) is 156 Å². The molecule has 8 N–H and O–H groups in total. The Hall–Kier alpha value is -3.91. The maximum absolute atomic E-state index is 14.3. The SMILES string of the molecule is CCCCCCCCCN=C1NC(C)(C)NC(NCc2ccccc2)(OC(=O)OC2(NCc3ccccc3)NC(=NCCCCCCCCC)NC(C)(C)N2)N1. The molecule has 2 saturated heterocycles. The molecule has 0 radical (unpaired) electrons. The standard InChI is InChI=1S/C43H72N10O3/c1-7-9-11-13-15-17-25-31-44-37-48-40(3,4)52-42(50-37,46-33-35-27-21-19-22-28-35)55-39(54)56-43(47-34-36-29-23-20-24-30-36)51-38(49-41(5,6)53-43)45-32-26-18-16-14-12-10-8-2/h19-24,27-30,46-47,52-53H,7-18,25-26,31-34H2,1-6H3,(H2,44,48,50)(H2,45,49,51). The van der Waals surface area contributed by atoms with E-state index in [0.29, 0.717) is 38.1 Å². The van der Waals surface area contributed by atoms with E-state index in [-0.39, 0.29) is 0 Å². The van der Waals surface area contributed by atoms with E-state index in [9.17, 15) is 4.79 Å². The van der Waals surface area contributed by atoms with Crippen LogP contribution in [0.4, 0.5) is 4.79 Å². The lowest BCUT2D eigenvalue weighted by Gasteiger charge is -2.49. The summed E-state index contributed by atoms with van der Waals surface area (Å²) in [6.07, 6.45) is 15.8. The first kappa shape index (κ1) is 44.8. The Labute approximate surface area is 336 Å². The lowest BCUT2D eigenvalue weighted by molar-refractivity contribution is -0.159. The molecule has 0 saturated carbocycles. The monoisotopic (exact) mass is 777 g/mol. The van der Waals surface area contributed by atoms with Crippen LogP contribution in [0.2, 0.25) is 0 Å². The second-order valence-corrected chi connectivity index (χ2v) is 16.2. The third kappa shape index (κ3) is 16.3. The number of unbranched alkanes of at least 4 members (excludes halogenated alkanes) is 12. The van der Waals surface area contributed by atoms with Crippen LogP contribution < -0.4 is 42.5 Å². The van der Waals surface area contributed by atoms with Crippen LogP contribution in [0, 0.1) is 0 Å². The Kier molecular flexibility index (Phi) is 18.2. The van der Waals surface area contributed by atoms with Gasteiger partial charge in [-0.05, 0) is 51.7 Å². The zero-order chi connectivity index (χ0) is 40.2. The van der Waals surface area contributed by atoms with Gasteiger partial charge < -0.3 is 20.1 Å². The summed E-state index contributed by atoms with van der Waals surface area (Å²) in [6, 6.07) is 19.9. The molecule has 2 aromatic carbocycles. The molecule has 13 nitrogen and oxygen atoms in total. The van der Waals surface area contributed by atoms with Crippen molar-refractivity contribution in [2.24, 2.45) is 9.98 Å². The van der Waals surface area contributed by atoms with E-state index in [4.69, 9.17) is 19.5 Å². The first-order valence-electron chi connectivity index (χ1n) is 21.3. The third-order valence-electron chi connectivity index (χ3n) is 9.73. The molecule has 56 heavy (non-hydrogen) atoms. The minimum absolute atomic E-state index is 0.384. The molecule has 4 rings (SSSR count). The van der Waals surface area contributed by atoms with Gasteiger partial charge in [-0.25, -0.2) is 26.1 Å². The molecular weight excluding hydrogens is 705 g/mol. The number of hydrogen-bond donors (Lipinski definition) is 8. The summed E-state index contributed by atoms with van der Waals surface area (Å²) in [7, 11) is 0. The van der Waals surface area contributed by atoms with Crippen molar-refractivity contribution in [3.63, 3.8) is 0 Å². The first-order chi connectivity index (χ1) is 26.9. The fourth-order valence-corrected chi connectivity index (χ4v) is 6.94. The van der Waals surface area contributed by atoms with Crippen LogP contribution in [0.5, 0.6) is 0 Å². The van der Waals surface area contributed by atoms with Crippen molar-refractivity contribution >= 4 is 18.1 Å². The highest BCUT2D eigenvalue weighted by molar-refractivity contribution is 5.83. The van der Waals surface area contributed by atoms with E-state index < -0.39 is 29.4 Å². The summed E-state index contributed by atoms with van der Waals surface area (Å²) < 4.78 is 12.6. The first-order valence-corrected chi connectivity index (χ1v) is 21.3. The Bertz CT molecular complexity index is 1380. The highest BCUT2D eigenvalue weighted by Crippen LogP contribution is 2.19. The zero-order valence-corrected chi connectivity index (χ0v) is 35.1. The normalized spacial score (nSPS) is 22.8. The predicted molar refractivity (Wildman–Crippen MR) is 227 cm³/mol. The molecule has 2 aromatic rings. The second kappa shape index (κ2) is 22.7. The van der Waals surface area contributed by atoms with Crippen molar-refractivity contribution in [2.45, 2.75) is 168 Å². The average Bonchev–Trinajstić information content (AvgIpc) is 3.15. The molecule has 2 atom stereocenters. The number of hydrogen-bond acceptors (Lipinski definition) is 9. The predicted octanol–water partition coefficient (Wildman–Crippen LogP) is 7.19. The van der Waals surface area contributed by atoms with E-state index in [1.807, 2.05) is 88.4 Å². The van der Waals surface area contributed by atoms with Crippen molar-refractivity contribution in [1.29, 1.82) is 0 Å². The van der Waals surface area contributed by atoms with Crippen molar-refractivity contribution in [3.05, 3.63) is 71.8 Å². The fraction of sp³-hybridized carbons (Fsp3) is 0.651. The molecule has 0 bridgehead atoms. The van der Waals surface area contributed by atoms with E-state index in [0.717, 1.165) is 36.8 Å². The Morgan fingerprint density at radius 2 is 0.893 bits per heavy atom. The van der Waals surface area contributed by atoms with Gasteiger partial charge in [0.05, 0.1) is 11.3 Å². The molecule has 0 aromatic heterocycles. The van der Waals surface area contributed by atoms with Gasteiger partial charge in [-0.3, -0.25) is 20.6 Å². The van der Waals surface area contributed by atoms with Crippen LogP contribution in [0.1, 0.15) is 143 Å². The van der Waals surface area contributed by atoms with Gasteiger partial charge in [0.15, 0.2) is 11.9 Å². The van der Waals surface area contributed by atoms with Crippen molar-refractivity contribution in [3.8, 4) is 0 Å². The average molecular weight is 777 g/mol. The van der Waals surface area contributed by atoms with Gasteiger partial charge in [0.25, 0.3) is 0 Å². The zero-order valence-electron chi connectivity index (χ0n) is 35.1. The molecule has 2 fully saturated rings. The number of carbonyl (C=O) groups excluding carboxylic acids is 1. The van der Waals surface area contributed by atoms with Gasteiger partial charge in [-0.2, -0.15) is 0 Å². The Balaban J connectivity index is 1.53. The number of ether oxygens (including phenoxy) is 2. The highest BCUT2D eigenvalue weighted by Gasteiger charge is 2.49. The smallest absolute Gasteiger partial charge is 0.379 e. The summed E-state index contributed by atoms with van der Waals surface area (Å²) in [4.78, 5) is 24.0. The van der Waals surface area contributed by atoms with Crippen LogP contribution in [-0.2, 0) is 22.6 Å². The molecule has 2 unspecified atom stereocenters.